The maximum Gasteiger partial charge on any atom is 0.338 e. The van der Waals surface area contributed by atoms with Gasteiger partial charge in [0.2, 0.25) is 0 Å². The van der Waals surface area contributed by atoms with Crippen LogP contribution in [0.4, 0.5) is 0 Å². The first kappa shape index (κ1) is 13.2. The smallest absolute Gasteiger partial charge is 0.338 e. The van der Waals surface area contributed by atoms with Crippen LogP contribution in [-0.2, 0) is 4.79 Å². The van der Waals surface area contributed by atoms with Crippen molar-refractivity contribution >= 4 is 45.4 Å². The number of rotatable bonds is 3. The van der Waals surface area contributed by atoms with E-state index in [-0.39, 0.29) is 0 Å². The van der Waals surface area contributed by atoms with Crippen molar-refractivity contribution in [2.75, 3.05) is 0 Å². The van der Waals surface area contributed by atoms with Gasteiger partial charge in [-0.2, -0.15) is 0 Å². The third kappa shape index (κ3) is 3.31. The van der Waals surface area contributed by atoms with Crippen LogP contribution in [-0.4, -0.2) is 11.2 Å². The Balaban J connectivity index is 2.96. The van der Waals surface area contributed by atoms with Gasteiger partial charge in [-0.25, -0.2) is 4.79 Å². The molecule has 0 fully saturated rings. The molecule has 1 rings (SSSR count). The Labute approximate surface area is 112 Å². The molecule has 0 aliphatic heterocycles. The molecule has 0 atom stereocenters. The van der Waals surface area contributed by atoms with Crippen LogP contribution in [0.25, 0.3) is 0 Å². The molecule has 16 heavy (non-hydrogen) atoms. The van der Waals surface area contributed by atoms with Crippen molar-refractivity contribution in [2.45, 2.75) is 6.92 Å². The zero-order chi connectivity index (χ0) is 12.3. The minimum atomic E-state index is -0.546. The van der Waals surface area contributed by atoms with E-state index in [1.807, 2.05) is 22.6 Å². The summed E-state index contributed by atoms with van der Waals surface area (Å²) in [5, 5.41) is -0.546. The molecule has 3 nitrogen and oxygen atoms in total. The summed E-state index contributed by atoms with van der Waals surface area (Å²) in [7, 11) is 0. The molecule has 84 valence electrons. The number of hydrogen-bond donors (Lipinski definition) is 0. The van der Waals surface area contributed by atoms with E-state index >= 15 is 0 Å². The molecule has 0 N–H and O–H groups in total. The first-order valence-corrected chi connectivity index (χ1v) is 5.74. The average Bonchev–Trinajstić information content (AvgIpc) is 2.20. The molecular formula is C11H8ClIO3. The van der Waals surface area contributed by atoms with Gasteiger partial charge in [0.25, 0.3) is 5.24 Å². The molecular weight excluding hydrogens is 342 g/mol. The van der Waals surface area contributed by atoms with Crippen LogP contribution in [0.15, 0.2) is 30.4 Å². The number of ether oxygens (including phenoxy) is 1. The number of halogens is 2. The van der Waals surface area contributed by atoms with E-state index in [0.29, 0.717) is 20.5 Å². The van der Waals surface area contributed by atoms with Crippen molar-refractivity contribution < 1.29 is 14.3 Å². The highest BCUT2D eigenvalue weighted by atomic mass is 127. The molecule has 0 unspecified atom stereocenters. The van der Waals surface area contributed by atoms with Crippen molar-refractivity contribution in [3.8, 4) is 5.75 Å². The normalized spacial score (nSPS) is 9.69. The van der Waals surface area contributed by atoms with Crippen molar-refractivity contribution in [3.63, 3.8) is 0 Å². The minimum Gasteiger partial charge on any atom is -0.422 e. The van der Waals surface area contributed by atoms with E-state index in [0.717, 1.165) is 0 Å². The maximum atomic E-state index is 11.3. The monoisotopic (exact) mass is 350 g/mol. The third-order valence-electron chi connectivity index (χ3n) is 1.71. The van der Waals surface area contributed by atoms with Gasteiger partial charge in [0.1, 0.15) is 5.75 Å². The molecule has 0 saturated carbocycles. The van der Waals surface area contributed by atoms with E-state index in [2.05, 4.69) is 6.58 Å². The third-order valence-corrected chi connectivity index (χ3v) is 2.77. The molecule has 0 aliphatic carbocycles. The minimum absolute atomic E-state index is 0.313. The van der Waals surface area contributed by atoms with Crippen LogP contribution in [0.5, 0.6) is 5.75 Å². The van der Waals surface area contributed by atoms with Crippen molar-refractivity contribution in [3.05, 3.63) is 39.5 Å². The highest BCUT2D eigenvalue weighted by molar-refractivity contribution is 14.1. The molecule has 0 aromatic heterocycles. The van der Waals surface area contributed by atoms with Crippen molar-refractivity contribution in [2.24, 2.45) is 0 Å². The van der Waals surface area contributed by atoms with Crippen LogP contribution in [0.3, 0.4) is 0 Å². The number of hydrogen-bond acceptors (Lipinski definition) is 3. The summed E-state index contributed by atoms with van der Waals surface area (Å²) in [4.78, 5) is 22.1. The van der Waals surface area contributed by atoms with Gasteiger partial charge in [-0.3, -0.25) is 4.79 Å². The Kier molecular flexibility index (Phi) is 4.49. The fourth-order valence-electron chi connectivity index (χ4n) is 0.893. The van der Waals surface area contributed by atoms with Gasteiger partial charge in [-0.05, 0) is 59.3 Å². The first-order chi connectivity index (χ1) is 7.41. The van der Waals surface area contributed by atoms with Gasteiger partial charge in [0.05, 0.1) is 3.57 Å². The fourth-order valence-corrected chi connectivity index (χ4v) is 1.64. The highest BCUT2D eigenvalue weighted by Crippen LogP contribution is 2.23. The van der Waals surface area contributed by atoms with Crippen LogP contribution in [0, 0.1) is 3.57 Å². The van der Waals surface area contributed by atoms with Gasteiger partial charge in [-0.1, -0.05) is 6.58 Å². The Morgan fingerprint density at radius 2 is 2.06 bits per heavy atom. The van der Waals surface area contributed by atoms with Gasteiger partial charge >= 0.3 is 5.97 Å². The Morgan fingerprint density at radius 3 is 2.50 bits per heavy atom. The second kappa shape index (κ2) is 5.45. The summed E-state index contributed by atoms with van der Waals surface area (Å²) in [6, 6.07) is 4.58. The number of carbonyl (C=O) groups is 2. The molecule has 0 bridgehead atoms. The second-order valence-corrected chi connectivity index (χ2v) is 4.59. The summed E-state index contributed by atoms with van der Waals surface area (Å²) >= 11 is 7.28. The SMILES string of the molecule is C=C(C)C(=O)Oc1ccc(C(=O)Cl)cc1I. The lowest BCUT2D eigenvalue weighted by Crippen LogP contribution is -2.09. The first-order valence-electron chi connectivity index (χ1n) is 4.29. The second-order valence-electron chi connectivity index (χ2n) is 3.09. The summed E-state index contributed by atoms with van der Waals surface area (Å²) in [6.07, 6.45) is 0. The van der Waals surface area contributed by atoms with E-state index in [4.69, 9.17) is 16.3 Å². The van der Waals surface area contributed by atoms with E-state index in [1.54, 1.807) is 13.0 Å². The van der Waals surface area contributed by atoms with Gasteiger partial charge in [-0.15, -0.1) is 0 Å². The van der Waals surface area contributed by atoms with Gasteiger partial charge < -0.3 is 4.74 Å². The summed E-state index contributed by atoms with van der Waals surface area (Å²) in [5.74, 6) is -0.113. The molecule has 1 aromatic rings. The molecule has 0 amide bonds. The number of benzene rings is 1. The van der Waals surface area contributed by atoms with Crippen molar-refractivity contribution in [1.82, 2.24) is 0 Å². The maximum absolute atomic E-state index is 11.3. The zero-order valence-corrected chi connectivity index (χ0v) is 11.3. The quantitative estimate of drug-likeness (QED) is 0.276. The van der Waals surface area contributed by atoms with E-state index in [9.17, 15) is 9.59 Å². The molecule has 1 aromatic carbocycles. The largest absolute Gasteiger partial charge is 0.422 e. The summed E-state index contributed by atoms with van der Waals surface area (Å²) < 4.78 is 5.68. The van der Waals surface area contributed by atoms with Gasteiger partial charge in [0, 0.05) is 11.1 Å². The lowest BCUT2D eigenvalue weighted by Gasteiger charge is -2.06. The van der Waals surface area contributed by atoms with Crippen molar-refractivity contribution in [1.29, 1.82) is 0 Å². The lowest BCUT2D eigenvalue weighted by atomic mass is 10.2. The van der Waals surface area contributed by atoms with Gasteiger partial charge in [0.15, 0.2) is 0 Å². The summed E-state index contributed by atoms with van der Waals surface area (Å²) in [5.41, 5.74) is 0.675. The molecule has 0 heterocycles. The van der Waals surface area contributed by atoms with Crippen LogP contribution in [0.1, 0.15) is 17.3 Å². The molecule has 5 heteroatoms. The molecule has 0 aliphatic rings. The number of esters is 1. The molecule has 0 spiro atoms. The van der Waals surface area contributed by atoms with Crippen LogP contribution < -0.4 is 4.74 Å². The predicted octanol–water partition coefficient (Wildman–Crippen LogP) is 3.15. The van der Waals surface area contributed by atoms with E-state index < -0.39 is 11.2 Å². The number of carbonyl (C=O) groups excluding carboxylic acids is 2. The lowest BCUT2D eigenvalue weighted by molar-refractivity contribution is -0.130. The van der Waals surface area contributed by atoms with E-state index in [1.165, 1.54) is 12.1 Å². The Bertz CT molecular complexity index is 468. The topological polar surface area (TPSA) is 43.4 Å². The average molecular weight is 351 g/mol. The zero-order valence-electron chi connectivity index (χ0n) is 8.42. The fraction of sp³-hybridized carbons (Fsp3) is 0.0909. The molecule has 0 saturated heterocycles. The Morgan fingerprint density at radius 1 is 1.44 bits per heavy atom. The van der Waals surface area contributed by atoms with Crippen LogP contribution in [0.2, 0.25) is 0 Å². The standard InChI is InChI=1S/C11H8ClIO3/c1-6(2)11(15)16-9-4-3-7(10(12)14)5-8(9)13/h3-5H,1H2,2H3. The highest BCUT2D eigenvalue weighted by Gasteiger charge is 2.10. The van der Waals surface area contributed by atoms with Crippen LogP contribution >= 0.6 is 34.2 Å². The summed E-state index contributed by atoms with van der Waals surface area (Å²) in [6.45, 7) is 5.04. The molecule has 0 radical (unpaired) electrons. The Hall–Kier alpha value is -0.880. The predicted molar refractivity (Wildman–Crippen MR) is 69.8 cm³/mol.